The highest BCUT2D eigenvalue weighted by Gasteiger charge is 2.11. The molecule has 1 amide bonds. The van der Waals surface area contributed by atoms with E-state index in [2.05, 4.69) is 27.7 Å². The van der Waals surface area contributed by atoms with Gasteiger partial charge in [-0.15, -0.1) is 11.8 Å². The molecule has 1 fully saturated rings. The van der Waals surface area contributed by atoms with Gasteiger partial charge in [-0.1, -0.05) is 18.2 Å². The molecule has 0 aromatic heterocycles. The molecule has 1 aliphatic heterocycles. The summed E-state index contributed by atoms with van der Waals surface area (Å²) >= 11 is 1.77. The molecular weight excluding hydrogens is 270 g/mol. The first-order valence-corrected chi connectivity index (χ1v) is 8.21. The third-order valence-corrected chi connectivity index (χ3v) is 4.25. The molecule has 2 N–H and O–H groups in total. The number of nitrogens with zero attached hydrogens (tertiary/aromatic N) is 1. The van der Waals surface area contributed by atoms with Gasteiger partial charge in [-0.25, -0.2) is 0 Å². The Bertz CT molecular complexity index is 391. The summed E-state index contributed by atoms with van der Waals surface area (Å²) in [5.74, 6) is 1.05. The van der Waals surface area contributed by atoms with Crippen LogP contribution in [-0.4, -0.2) is 55.8 Å². The lowest BCUT2D eigenvalue weighted by Gasteiger charge is -2.18. The molecule has 20 heavy (non-hydrogen) atoms. The topological polar surface area (TPSA) is 44.4 Å². The van der Waals surface area contributed by atoms with Crippen LogP contribution in [-0.2, 0) is 4.79 Å². The Labute approximate surface area is 125 Å². The molecule has 0 radical (unpaired) electrons. The molecule has 1 aliphatic rings. The van der Waals surface area contributed by atoms with Gasteiger partial charge in [0.1, 0.15) is 0 Å². The Morgan fingerprint density at radius 1 is 1.25 bits per heavy atom. The third-order valence-electron chi connectivity index (χ3n) is 3.24. The van der Waals surface area contributed by atoms with Gasteiger partial charge in [0, 0.05) is 30.3 Å². The van der Waals surface area contributed by atoms with E-state index in [4.69, 9.17) is 0 Å². The largest absolute Gasteiger partial charge is 0.354 e. The van der Waals surface area contributed by atoms with Crippen molar-refractivity contribution in [3.8, 4) is 0 Å². The predicted molar refractivity (Wildman–Crippen MR) is 84.1 cm³/mol. The lowest BCUT2D eigenvalue weighted by molar-refractivity contribution is -0.122. The summed E-state index contributed by atoms with van der Waals surface area (Å²) < 4.78 is 0. The normalized spacial score (nSPS) is 16.6. The van der Waals surface area contributed by atoms with Gasteiger partial charge >= 0.3 is 0 Å². The Balaban J connectivity index is 1.58. The van der Waals surface area contributed by atoms with Crippen LogP contribution in [0.4, 0.5) is 0 Å². The van der Waals surface area contributed by atoms with Gasteiger partial charge in [-0.3, -0.25) is 9.69 Å². The van der Waals surface area contributed by atoms with E-state index in [0.29, 0.717) is 6.54 Å². The zero-order valence-electron chi connectivity index (χ0n) is 11.8. The number of benzene rings is 1. The van der Waals surface area contributed by atoms with Gasteiger partial charge in [0.25, 0.3) is 0 Å². The van der Waals surface area contributed by atoms with Crippen LogP contribution in [0.3, 0.4) is 0 Å². The number of carbonyl (C=O) groups excluding carboxylic acids is 1. The first-order valence-electron chi connectivity index (χ1n) is 7.22. The monoisotopic (exact) mass is 293 g/mol. The van der Waals surface area contributed by atoms with Crippen LogP contribution in [0.15, 0.2) is 35.2 Å². The highest BCUT2D eigenvalue weighted by molar-refractivity contribution is 7.99. The van der Waals surface area contributed by atoms with Crippen molar-refractivity contribution in [1.29, 1.82) is 0 Å². The van der Waals surface area contributed by atoms with Crippen molar-refractivity contribution in [2.75, 3.05) is 45.0 Å². The smallest absolute Gasteiger partial charge is 0.234 e. The SMILES string of the molecule is O=C(CN1CCCNCC1)NCCSc1ccccc1. The maximum absolute atomic E-state index is 11.9. The molecule has 1 aromatic carbocycles. The molecule has 1 aromatic rings. The second kappa shape index (κ2) is 9.00. The standard InChI is InChI=1S/C15H23N3OS/c19-15(13-18-10-4-7-16-8-11-18)17-9-12-20-14-5-2-1-3-6-14/h1-3,5-6,16H,4,7-13H2,(H,17,19). The van der Waals surface area contributed by atoms with Gasteiger partial charge in [-0.2, -0.15) is 0 Å². The number of thioether (sulfide) groups is 1. The minimum absolute atomic E-state index is 0.139. The van der Waals surface area contributed by atoms with Gasteiger partial charge in [-0.05, 0) is 31.6 Å². The van der Waals surface area contributed by atoms with E-state index in [-0.39, 0.29) is 5.91 Å². The maximum atomic E-state index is 11.9. The van der Waals surface area contributed by atoms with Crippen molar-refractivity contribution < 1.29 is 4.79 Å². The van der Waals surface area contributed by atoms with Crippen LogP contribution in [0.2, 0.25) is 0 Å². The quantitative estimate of drug-likeness (QED) is 0.611. The fourth-order valence-electron chi connectivity index (χ4n) is 2.19. The molecule has 0 aliphatic carbocycles. The Kier molecular flexibility index (Phi) is 6.91. The Morgan fingerprint density at radius 2 is 2.10 bits per heavy atom. The highest BCUT2D eigenvalue weighted by Crippen LogP contribution is 2.15. The van der Waals surface area contributed by atoms with Crippen molar-refractivity contribution in [2.45, 2.75) is 11.3 Å². The summed E-state index contributed by atoms with van der Waals surface area (Å²) in [5.41, 5.74) is 0. The van der Waals surface area contributed by atoms with Crippen LogP contribution in [0.5, 0.6) is 0 Å². The first-order chi connectivity index (χ1) is 9.84. The van der Waals surface area contributed by atoms with Gasteiger partial charge in [0.05, 0.1) is 6.54 Å². The molecule has 0 spiro atoms. The Morgan fingerprint density at radius 3 is 2.95 bits per heavy atom. The maximum Gasteiger partial charge on any atom is 0.234 e. The molecular formula is C15H23N3OS. The van der Waals surface area contributed by atoms with Gasteiger partial charge < -0.3 is 10.6 Å². The summed E-state index contributed by atoms with van der Waals surface area (Å²) in [4.78, 5) is 15.3. The minimum Gasteiger partial charge on any atom is -0.354 e. The summed E-state index contributed by atoms with van der Waals surface area (Å²) in [5, 5.41) is 6.34. The first kappa shape index (κ1) is 15.4. The molecule has 0 unspecified atom stereocenters. The van der Waals surface area contributed by atoms with Crippen molar-refractivity contribution in [3.05, 3.63) is 30.3 Å². The minimum atomic E-state index is 0.139. The molecule has 5 heteroatoms. The van der Waals surface area contributed by atoms with E-state index in [1.54, 1.807) is 11.8 Å². The molecule has 0 bridgehead atoms. The molecule has 0 saturated carbocycles. The van der Waals surface area contributed by atoms with E-state index in [1.165, 1.54) is 4.90 Å². The number of hydrogen-bond donors (Lipinski definition) is 2. The van der Waals surface area contributed by atoms with E-state index in [9.17, 15) is 4.79 Å². The summed E-state index contributed by atoms with van der Waals surface area (Å²) in [7, 11) is 0. The number of rotatable bonds is 6. The number of nitrogens with one attached hydrogen (secondary N) is 2. The highest BCUT2D eigenvalue weighted by atomic mass is 32.2. The molecule has 4 nitrogen and oxygen atoms in total. The predicted octanol–water partition coefficient (Wildman–Crippen LogP) is 1.19. The van der Waals surface area contributed by atoms with Crippen LogP contribution in [0.1, 0.15) is 6.42 Å². The van der Waals surface area contributed by atoms with E-state index in [0.717, 1.165) is 44.9 Å². The van der Waals surface area contributed by atoms with E-state index < -0.39 is 0 Å². The fraction of sp³-hybridized carbons (Fsp3) is 0.533. The van der Waals surface area contributed by atoms with Crippen LogP contribution in [0, 0.1) is 0 Å². The second-order valence-electron chi connectivity index (χ2n) is 4.89. The second-order valence-corrected chi connectivity index (χ2v) is 6.06. The average Bonchev–Trinajstić information content (AvgIpc) is 2.73. The van der Waals surface area contributed by atoms with Crippen LogP contribution in [0.25, 0.3) is 0 Å². The van der Waals surface area contributed by atoms with Crippen molar-refractivity contribution in [1.82, 2.24) is 15.5 Å². The van der Waals surface area contributed by atoms with Crippen LogP contribution >= 0.6 is 11.8 Å². The summed E-state index contributed by atoms with van der Waals surface area (Å²) in [6.45, 7) is 5.27. The fourth-order valence-corrected chi connectivity index (χ4v) is 2.98. The van der Waals surface area contributed by atoms with Crippen LogP contribution < -0.4 is 10.6 Å². The van der Waals surface area contributed by atoms with E-state index in [1.807, 2.05) is 18.2 Å². The zero-order chi connectivity index (χ0) is 14.0. The number of amides is 1. The molecule has 0 atom stereocenters. The lowest BCUT2D eigenvalue weighted by atomic mass is 10.4. The average molecular weight is 293 g/mol. The third kappa shape index (κ3) is 5.94. The van der Waals surface area contributed by atoms with Crippen molar-refractivity contribution in [2.24, 2.45) is 0 Å². The van der Waals surface area contributed by atoms with E-state index >= 15 is 0 Å². The summed E-state index contributed by atoms with van der Waals surface area (Å²) in [6.07, 6.45) is 1.12. The summed E-state index contributed by atoms with van der Waals surface area (Å²) in [6, 6.07) is 10.3. The lowest BCUT2D eigenvalue weighted by Crippen LogP contribution is -2.39. The van der Waals surface area contributed by atoms with Gasteiger partial charge in [0.2, 0.25) is 5.91 Å². The number of hydrogen-bond acceptors (Lipinski definition) is 4. The molecule has 1 heterocycles. The van der Waals surface area contributed by atoms with Crippen molar-refractivity contribution >= 4 is 17.7 Å². The Hall–Kier alpha value is -1.04. The molecule has 110 valence electrons. The number of carbonyl (C=O) groups is 1. The molecule has 2 rings (SSSR count). The van der Waals surface area contributed by atoms with Gasteiger partial charge in [0.15, 0.2) is 0 Å². The molecule has 1 saturated heterocycles. The van der Waals surface area contributed by atoms with Crippen molar-refractivity contribution in [3.63, 3.8) is 0 Å². The zero-order valence-corrected chi connectivity index (χ0v) is 12.6.